The molecule has 1 atom stereocenters. The summed E-state index contributed by atoms with van der Waals surface area (Å²) in [5, 5.41) is 2.53. The van der Waals surface area contributed by atoms with Gasteiger partial charge in [-0.2, -0.15) is 0 Å². The first-order valence-corrected chi connectivity index (χ1v) is 7.47. The zero-order valence-electron chi connectivity index (χ0n) is 14.4. The third-order valence-corrected chi connectivity index (χ3v) is 2.84. The van der Waals surface area contributed by atoms with E-state index in [1.54, 1.807) is 39.0 Å². The van der Waals surface area contributed by atoms with Crippen LogP contribution in [0.4, 0.5) is 4.79 Å². The Bertz CT molecular complexity index is 613. The van der Waals surface area contributed by atoms with Gasteiger partial charge in [0.15, 0.2) is 0 Å². The summed E-state index contributed by atoms with van der Waals surface area (Å²) < 4.78 is 15.3. The van der Waals surface area contributed by atoms with Crippen molar-refractivity contribution in [3.05, 3.63) is 29.8 Å². The first-order chi connectivity index (χ1) is 11.2. The van der Waals surface area contributed by atoms with E-state index in [1.165, 1.54) is 7.11 Å². The maximum atomic E-state index is 11.9. The highest BCUT2D eigenvalue weighted by Gasteiger charge is 2.25. The van der Waals surface area contributed by atoms with E-state index in [2.05, 4.69) is 11.2 Å². The van der Waals surface area contributed by atoms with Crippen LogP contribution in [0, 0.1) is 12.3 Å². The Labute approximate surface area is 142 Å². The molecular formula is C18H23NO5. The van der Waals surface area contributed by atoms with Crippen LogP contribution in [0.15, 0.2) is 24.3 Å². The lowest BCUT2D eigenvalue weighted by Gasteiger charge is -2.22. The minimum Gasteiger partial charge on any atom is -0.481 e. The molecule has 0 aliphatic heterocycles. The first kappa shape index (κ1) is 19.4. The normalized spacial score (nSPS) is 11.8. The van der Waals surface area contributed by atoms with E-state index in [1.807, 2.05) is 6.07 Å². The van der Waals surface area contributed by atoms with E-state index in [0.717, 1.165) is 5.56 Å². The Morgan fingerprint density at radius 2 is 2.04 bits per heavy atom. The van der Waals surface area contributed by atoms with Crippen LogP contribution in [-0.4, -0.2) is 37.4 Å². The molecule has 0 bridgehead atoms. The Balaban J connectivity index is 2.81. The molecule has 0 saturated heterocycles. The number of alkyl carbamates (subject to hydrolysis) is 1. The maximum Gasteiger partial charge on any atom is 0.408 e. The van der Waals surface area contributed by atoms with E-state index >= 15 is 0 Å². The van der Waals surface area contributed by atoms with E-state index in [-0.39, 0.29) is 13.0 Å². The van der Waals surface area contributed by atoms with Crippen molar-refractivity contribution < 1.29 is 23.8 Å². The van der Waals surface area contributed by atoms with E-state index in [4.69, 9.17) is 20.6 Å². The molecule has 1 N–H and O–H groups in total. The predicted molar refractivity (Wildman–Crippen MR) is 89.6 cm³/mol. The molecule has 0 saturated carbocycles. The summed E-state index contributed by atoms with van der Waals surface area (Å²) in [6.45, 7) is 5.38. The number of terminal acetylenes is 1. The molecule has 24 heavy (non-hydrogen) atoms. The van der Waals surface area contributed by atoms with Gasteiger partial charge < -0.3 is 19.5 Å². The van der Waals surface area contributed by atoms with Crippen LogP contribution in [-0.2, 0) is 20.7 Å². The van der Waals surface area contributed by atoms with Crippen molar-refractivity contribution in [2.45, 2.75) is 38.8 Å². The average molecular weight is 333 g/mol. The van der Waals surface area contributed by atoms with E-state index in [0.29, 0.717) is 5.75 Å². The molecule has 1 aromatic carbocycles. The van der Waals surface area contributed by atoms with Gasteiger partial charge in [0.25, 0.3) is 0 Å². The summed E-state index contributed by atoms with van der Waals surface area (Å²) in [6, 6.07) is 6.24. The minimum atomic E-state index is -0.868. The number of hydrogen-bond acceptors (Lipinski definition) is 5. The van der Waals surface area contributed by atoms with Crippen molar-refractivity contribution in [1.29, 1.82) is 0 Å². The standard InChI is InChI=1S/C18H23NO5/c1-6-10-23-14-9-7-8-13(11-14)12-15(16(20)22-5)19-17(21)24-18(2,3)4/h1,7-9,11,15H,10,12H2,2-5H3,(H,19,21)/t15-/m0/s1. The maximum absolute atomic E-state index is 11.9. The lowest BCUT2D eigenvalue weighted by Crippen LogP contribution is -2.45. The van der Waals surface area contributed by atoms with Crippen molar-refractivity contribution in [3.8, 4) is 18.1 Å². The third kappa shape index (κ3) is 7.05. The van der Waals surface area contributed by atoms with Gasteiger partial charge in [0.1, 0.15) is 24.0 Å². The smallest absolute Gasteiger partial charge is 0.408 e. The van der Waals surface area contributed by atoms with Crippen molar-refractivity contribution >= 4 is 12.1 Å². The Kier molecular flexibility index (Phi) is 7.12. The van der Waals surface area contributed by atoms with Crippen LogP contribution < -0.4 is 10.1 Å². The number of methoxy groups -OCH3 is 1. The highest BCUT2D eigenvalue weighted by atomic mass is 16.6. The van der Waals surface area contributed by atoms with Gasteiger partial charge in [-0.05, 0) is 38.5 Å². The van der Waals surface area contributed by atoms with Crippen molar-refractivity contribution in [3.63, 3.8) is 0 Å². The van der Waals surface area contributed by atoms with Crippen molar-refractivity contribution in [2.75, 3.05) is 13.7 Å². The molecule has 6 heteroatoms. The quantitative estimate of drug-likeness (QED) is 0.639. The molecule has 0 radical (unpaired) electrons. The topological polar surface area (TPSA) is 73.9 Å². The Hall–Kier alpha value is -2.68. The monoisotopic (exact) mass is 333 g/mol. The molecule has 130 valence electrons. The number of nitrogens with one attached hydrogen (secondary N) is 1. The lowest BCUT2D eigenvalue weighted by atomic mass is 10.1. The second-order valence-electron chi connectivity index (χ2n) is 6.07. The molecule has 0 aliphatic carbocycles. The number of hydrogen-bond donors (Lipinski definition) is 1. The van der Waals surface area contributed by atoms with Gasteiger partial charge in [-0.1, -0.05) is 18.1 Å². The van der Waals surface area contributed by atoms with Gasteiger partial charge in [0.2, 0.25) is 0 Å². The number of ether oxygens (including phenoxy) is 3. The first-order valence-electron chi connectivity index (χ1n) is 7.47. The molecule has 0 fully saturated rings. The molecule has 1 amide bonds. The SMILES string of the molecule is C#CCOc1cccc(C[C@H](NC(=O)OC(C)(C)C)C(=O)OC)c1. The Morgan fingerprint density at radius 1 is 1.33 bits per heavy atom. The molecule has 1 aromatic rings. The highest BCUT2D eigenvalue weighted by Crippen LogP contribution is 2.15. The summed E-state index contributed by atoms with van der Waals surface area (Å²) >= 11 is 0. The molecule has 0 aliphatic rings. The van der Waals surface area contributed by atoms with Crippen molar-refractivity contribution in [2.24, 2.45) is 0 Å². The number of benzene rings is 1. The average Bonchev–Trinajstić information content (AvgIpc) is 2.50. The van der Waals surface area contributed by atoms with Gasteiger partial charge in [0.05, 0.1) is 7.11 Å². The van der Waals surface area contributed by atoms with Crippen molar-refractivity contribution in [1.82, 2.24) is 5.32 Å². The zero-order valence-corrected chi connectivity index (χ0v) is 14.4. The fraction of sp³-hybridized carbons (Fsp3) is 0.444. The lowest BCUT2D eigenvalue weighted by molar-refractivity contribution is -0.143. The summed E-state index contributed by atoms with van der Waals surface area (Å²) in [5.41, 5.74) is 0.129. The fourth-order valence-electron chi connectivity index (χ4n) is 1.91. The van der Waals surface area contributed by atoms with Gasteiger partial charge in [0, 0.05) is 6.42 Å². The summed E-state index contributed by atoms with van der Waals surface area (Å²) in [7, 11) is 1.26. The van der Waals surface area contributed by atoms with Crippen LogP contribution >= 0.6 is 0 Å². The second kappa shape index (κ2) is 8.82. The molecule has 0 aromatic heterocycles. The van der Waals surface area contributed by atoms with Gasteiger partial charge in [-0.15, -0.1) is 6.42 Å². The number of esters is 1. The molecular weight excluding hydrogens is 310 g/mol. The highest BCUT2D eigenvalue weighted by molar-refractivity contribution is 5.81. The predicted octanol–water partition coefficient (Wildman–Crippen LogP) is 2.31. The number of amides is 1. The number of rotatable bonds is 6. The largest absolute Gasteiger partial charge is 0.481 e. The van der Waals surface area contributed by atoms with Crippen LogP contribution in [0.5, 0.6) is 5.75 Å². The van der Waals surface area contributed by atoms with Crippen LogP contribution in [0.25, 0.3) is 0 Å². The molecule has 0 heterocycles. The van der Waals surface area contributed by atoms with Gasteiger partial charge in [-0.25, -0.2) is 9.59 Å². The number of carbonyl (C=O) groups is 2. The molecule has 0 spiro atoms. The fourth-order valence-corrected chi connectivity index (χ4v) is 1.91. The molecule has 1 rings (SSSR count). The third-order valence-electron chi connectivity index (χ3n) is 2.84. The van der Waals surface area contributed by atoms with Gasteiger partial charge >= 0.3 is 12.1 Å². The second-order valence-corrected chi connectivity index (χ2v) is 6.07. The zero-order chi connectivity index (χ0) is 18.2. The number of carbonyl (C=O) groups excluding carboxylic acids is 2. The summed E-state index contributed by atoms with van der Waals surface area (Å²) in [6.07, 6.45) is 4.71. The molecule has 0 unspecified atom stereocenters. The summed E-state index contributed by atoms with van der Waals surface area (Å²) in [5.74, 6) is 2.41. The van der Waals surface area contributed by atoms with E-state index < -0.39 is 23.7 Å². The minimum absolute atomic E-state index is 0.153. The van der Waals surface area contributed by atoms with E-state index in [9.17, 15) is 9.59 Å². The van der Waals surface area contributed by atoms with Gasteiger partial charge in [-0.3, -0.25) is 0 Å². The molecule has 6 nitrogen and oxygen atoms in total. The van der Waals surface area contributed by atoms with Crippen LogP contribution in [0.2, 0.25) is 0 Å². The van der Waals surface area contributed by atoms with Crippen LogP contribution in [0.3, 0.4) is 0 Å². The Morgan fingerprint density at radius 3 is 2.62 bits per heavy atom. The summed E-state index contributed by atoms with van der Waals surface area (Å²) in [4.78, 5) is 23.8. The van der Waals surface area contributed by atoms with Crippen LogP contribution in [0.1, 0.15) is 26.3 Å².